The maximum absolute atomic E-state index is 12.5. The van der Waals surface area contributed by atoms with Crippen LogP contribution in [-0.2, 0) is 27.2 Å². The van der Waals surface area contributed by atoms with Crippen molar-refractivity contribution in [3.63, 3.8) is 0 Å². The third-order valence-corrected chi connectivity index (χ3v) is 6.83. The molecule has 0 bridgehead atoms. The van der Waals surface area contributed by atoms with Crippen LogP contribution in [0.4, 0.5) is 5.00 Å². The van der Waals surface area contributed by atoms with E-state index < -0.39 is 0 Å². The molecule has 1 aliphatic carbocycles. The lowest BCUT2D eigenvalue weighted by Gasteiger charge is -2.31. The number of hydrogen-bond donors (Lipinski definition) is 1. The van der Waals surface area contributed by atoms with Crippen molar-refractivity contribution in [2.45, 2.75) is 52.4 Å². The summed E-state index contributed by atoms with van der Waals surface area (Å²) in [7, 11) is 0. The van der Waals surface area contributed by atoms with Gasteiger partial charge in [-0.1, -0.05) is 6.92 Å². The van der Waals surface area contributed by atoms with Crippen LogP contribution >= 0.6 is 11.3 Å². The SMILES string of the molecule is CCOC(=O)C1CCCN(CCC(=O)Nc2sc3c(c2C#N)CCC(C)C3)C1. The quantitative estimate of drug-likeness (QED) is 0.737. The summed E-state index contributed by atoms with van der Waals surface area (Å²) in [4.78, 5) is 27.9. The number of thiophene rings is 1. The molecular weight excluding hydrogens is 374 g/mol. The van der Waals surface area contributed by atoms with Gasteiger partial charge < -0.3 is 15.0 Å². The Morgan fingerprint density at radius 1 is 1.39 bits per heavy atom. The standard InChI is InChI=1S/C21H29N3O3S/c1-3-27-21(26)15-5-4-9-24(13-15)10-8-19(25)23-20-17(12-22)16-7-6-14(2)11-18(16)28-20/h14-15H,3-11,13H2,1-2H3,(H,23,25). The summed E-state index contributed by atoms with van der Waals surface area (Å²) < 4.78 is 5.13. The van der Waals surface area contributed by atoms with Crippen molar-refractivity contribution in [1.29, 1.82) is 5.26 Å². The van der Waals surface area contributed by atoms with Crippen LogP contribution < -0.4 is 5.32 Å². The van der Waals surface area contributed by atoms with Crippen molar-refractivity contribution < 1.29 is 14.3 Å². The second-order valence-electron chi connectivity index (χ2n) is 7.86. The monoisotopic (exact) mass is 403 g/mol. The molecule has 1 saturated heterocycles. The molecule has 0 saturated carbocycles. The molecule has 2 aliphatic rings. The van der Waals surface area contributed by atoms with E-state index in [1.165, 1.54) is 4.88 Å². The van der Waals surface area contributed by atoms with Crippen molar-refractivity contribution in [3.8, 4) is 6.07 Å². The van der Waals surface area contributed by atoms with E-state index in [0.717, 1.165) is 44.2 Å². The fourth-order valence-electron chi connectivity index (χ4n) is 4.12. The molecule has 2 atom stereocenters. The Morgan fingerprint density at radius 3 is 2.96 bits per heavy atom. The predicted octanol–water partition coefficient (Wildman–Crippen LogP) is 3.35. The highest BCUT2D eigenvalue weighted by Crippen LogP contribution is 2.39. The van der Waals surface area contributed by atoms with Gasteiger partial charge in [-0.25, -0.2) is 0 Å². The minimum Gasteiger partial charge on any atom is -0.466 e. The Morgan fingerprint density at radius 2 is 2.21 bits per heavy atom. The molecule has 1 N–H and O–H groups in total. The number of anilines is 1. The average molecular weight is 404 g/mol. The number of likely N-dealkylation sites (tertiary alicyclic amines) is 1. The van der Waals surface area contributed by atoms with Gasteiger partial charge in [0.15, 0.2) is 0 Å². The van der Waals surface area contributed by atoms with Crippen LogP contribution in [0, 0.1) is 23.2 Å². The molecule has 1 aromatic rings. The Bertz CT molecular complexity index is 768. The maximum atomic E-state index is 12.5. The highest BCUT2D eigenvalue weighted by molar-refractivity contribution is 7.16. The second-order valence-corrected chi connectivity index (χ2v) is 8.96. The number of carbonyl (C=O) groups is 2. The minimum atomic E-state index is -0.131. The molecule has 1 aliphatic heterocycles. The molecular formula is C21H29N3O3S. The lowest BCUT2D eigenvalue weighted by molar-refractivity contribution is -0.149. The summed E-state index contributed by atoms with van der Waals surface area (Å²) in [6.45, 7) is 6.63. The lowest BCUT2D eigenvalue weighted by atomic mass is 9.89. The second kappa shape index (κ2) is 9.53. The number of ether oxygens (including phenoxy) is 1. The summed E-state index contributed by atoms with van der Waals surface area (Å²) in [6, 6.07) is 2.29. The topological polar surface area (TPSA) is 82.4 Å². The van der Waals surface area contributed by atoms with Crippen LogP contribution in [0.25, 0.3) is 0 Å². The van der Waals surface area contributed by atoms with E-state index in [0.29, 0.717) is 42.6 Å². The molecule has 152 valence electrons. The minimum absolute atomic E-state index is 0.0681. The zero-order valence-corrected chi connectivity index (χ0v) is 17.6. The number of rotatable bonds is 6. The van der Waals surface area contributed by atoms with Gasteiger partial charge in [0.1, 0.15) is 11.1 Å². The predicted molar refractivity (Wildman–Crippen MR) is 109 cm³/mol. The number of fused-ring (bicyclic) bond motifs is 1. The van der Waals surface area contributed by atoms with Crippen LogP contribution in [0.2, 0.25) is 0 Å². The fraction of sp³-hybridized carbons (Fsp3) is 0.667. The molecule has 0 radical (unpaired) electrons. The van der Waals surface area contributed by atoms with Gasteiger partial charge in [0, 0.05) is 24.4 Å². The van der Waals surface area contributed by atoms with Gasteiger partial charge in [-0.2, -0.15) is 5.26 Å². The van der Waals surface area contributed by atoms with Gasteiger partial charge in [-0.05, 0) is 57.1 Å². The number of nitriles is 1. The average Bonchev–Trinajstić information content (AvgIpc) is 3.02. The maximum Gasteiger partial charge on any atom is 0.310 e. The number of carbonyl (C=O) groups excluding carboxylic acids is 2. The van der Waals surface area contributed by atoms with Gasteiger partial charge >= 0.3 is 5.97 Å². The molecule has 28 heavy (non-hydrogen) atoms. The number of amides is 1. The Balaban J connectivity index is 1.54. The summed E-state index contributed by atoms with van der Waals surface area (Å²) in [5, 5.41) is 13.2. The number of nitrogens with one attached hydrogen (secondary N) is 1. The van der Waals surface area contributed by atoms with Crippen LogP contribution in [0.5, 0.6) is 0 Å². The summed E-state index contributed by atoms with van der Waals surface area (Å²) >= 11 is 1.56. The first-order valence-electron chi connectivity index (χ1n) is 10.2. The highest BCUT2D eigenvalue weighted by Gasteiger charge is 2.28. The molecule has 1 aromatic heterocycles. The first-order valence-corrected chi connectivity index (χ1v) is 11.1. The van der Waals surface area contributed by atoms with Gasteiger partial charge in [0.05, 0.1) is 18.1 Å². The number of esters is 1. The van der Waals surface area contributed by atoms with Crippen LogP contribution in [0.3, 0.4) is 0 Å². The molecule has 6 nitrogen and oxygen atoms in total. The van der Waals surface area contributed by atoms with Crippen LogP contribution in [0.15, 0.2) is 0 Å². The lowest BCUT2D eigenvalue weighted by Crippen LogP contribution is -2.40. The van der Waals surface area contributed by atoms with Crippen molar-refractivity contribution in [2.24, 2.45) is 11.8 Å². The molecule has 7 heteroatoms. The zero-order chi connectivity index (χ0) is 20.1. The van der Waals surface area contributed by atoms with E-state index in [1.54, 1.807) is 11.3 Å². The number of hydrogen-bond acceptors (Lipinski definition) is 6. The molecule has 1 fully saturated rings. The Labute approximate surface area is 170 Å². The molecule has 0 aromatic carbocycles. The summed E-state index contributed by atoms with van der Waals surface area (Å²) in [6.07, 6.45) is 5.18. The van der Waals surface area contributed by atoms with Crippen LogP contribution in [0.1, 0.15) is 55.5 Å². The van der Waals surface area contributed by atoms with Gasteiger partial charge in [0.25, 0.3) is 0 Å². The van der Waals surface area contributed by atoms with Crippen molar-refractivity contribution in [2.75, 3.05) is 31.6 Å². The third kappa shape index (κ3) is 4.92. The summed E-state index contributed by atoms with van der Waals surface area (Å²) in [5.74, 6) is 0.343. The first kappa shape index (κ1) is 20.8. The largest absolute Gasteiger partial charge is 0.466 e. The van der Waals surface area contributed by atoms with Gasteiger partial charge in [-0.3, -0.25) is 9.59 Å². The van der Waals surface area contributed by atoms with E-state index in [-0.39, 0.29) is 17.8 Å². The molecule has 2 heterocycles. The van der Waals surface area contributed by atoms with E-state index in [4.69, 9.17) is 4.74 Å². The van der Waals surface area contributed by atoms with E-state index in [1.807, 2.05) is 6.92 Å². The highest BCUT2D eigenvalue weighted by atomic mass is 32.1. The van der Waals surface area contributed by atoms with E-state index >= 15 is 0 Å². The zero-order valence-electron chi connectivity index (χ0n) is 16.8. The normalized spacial score (nSPS) is 22.2. The summed E-state index contributed by atoms with van der Waals surface area (Å²) in [5.41, 5.74) is 1.79. The smallest absolute Gasteiger partial charge is 0.310 e. The fourth-order valence-corrected chi connectivity index (χ4v) is 5.49. The number of nitrogens with zero attached hydrogens (tertiary/aromatic N) is 2. The molecule has 3 rings (SSSR count). The van der Waals surface area contributed by atoms with Crippen molar-refractivity contribution in [3.05, 3.63) is 16.0 Å². The number of piperidine rings is 1. The molecule has 1 amide bonds. The van der Waals surface area contributed by atoms with Crippen LogP contribution in [-0.4, -0.2) is 43.0 Å². The van der Waals surface area contributed by atoms with Gasteiger partial charge in [0.2, 0.25) is 5.91 Å². The van der Waals surface area contributed by atoms with Gasteiger partial charge in [-0.15, -0.1) is 11.3 Å². The Kier molecular flexibility index (Phi) is 7.08. The molecule has 0 spiro atoms. The third-order valence-electron chi connectivity index (χ3n) is 5.66. The van der Waals surface area contributed by atoms with E-state index in [2.05, 4.69) is 23.2 Å². The van der Waals surface area contributed by atoms with Crippen molar-refractivity contribution >= 4 is 28.2 Å². The van der Waals surface area contributed by atoms with E-state index in [9.17, 15) is 14.9 Å². The van der Waals surface area contributed by atoms with Crippen molar-refractivity contribution in [1.82, 2.24) is 4.90 Å². The Hall–Kier alpha value is -1.91. The molecule has 2 unspecified atom stereocenters. The first-order chi connectivity index (χ1) is 13.5.